The normalized spacial score (nSPS) is 11.0. The molecule has 0 aliphatic heterocycles. The Kier molecular flexibility index (Phi) is 6.44. The number of carbonyl (C=O) groups is 2. The van der Waals surface area contributed by atoms with Crippen molar-refractivity contribution < 1.29 is 27.5 Å². The number of benzene rings is 2. The Balaban J connectivity index is 1.96. The third-order valence-electron chi connectivity index (χ3n) is 3.68. The molecule has 0 aromatic heterocycles. The molecule has 0 spiro atoms. The fourth-order valence-electron chi connectivity index (χ4n) is 2.36. The molecule has 2 aromatic rings. The molecule has 0 aliphatic rings. The van der Waals surface area contributed by atoms with Crippen LogP contribution in [0.25, 0.3) is 0 Å². The molecule has 8 heteroatoms. The van der Waals surface area contributed by atoms with Crippen LogP contribution in [-0.2, 0) is 16.1 Å². The van der Waals surface area contributed by atoms with E-state index in [1.165, 1.54) is 12.1 Å². The van der Waals surface area contributed by atoms with Gasteiger partial charge in [0.25, 0.3) is 5.91 Å². The van der Waals surface area contributed by atoms with Crippen LogP contribution in [-0.4, -0.2) is 24.6 Å². The minimum Gasteiger partial charge on any atom is -0.483 e. The van der Waals surface area contributed by atoms with Gasteiger partial charge in [0.2, 0.25) is 0 Å². The van der Waals surface area contributed by atoms with Gasteiger partial charge < -0.3 is 15.4 Å². The molecule has 0 heterocycles. The van der Waals surface area contributed by atoms with Crippen molar-refractivity contribution in [1.29, 1.82) is 0 Å². The number of alkyl halides is 3. The van der Waals surface area contributed by atoms with E-state index in [2.05, 4.69) is 5.32 Å². The van der Waals surface area contributed by atoms with Crippen LogP contribution in [0.15, 0.2) is 42.5 Å². The first-order valence-electron chi connectivity index (χ1n) is 8.09. The van der Waals surface area contributed by atoms with Crippen molar-refractivity contribution in [3.8, 4) is 5.75 Å². The maximum atomic E-state index is 12.3. The van der Waals surface area contributed by atoms with Crippen molar-refractivity contribution in [2.24, 2.45) is 0 Å². The van der Waals surface area contributed by atoms with E-state index in [-0.39, 0.29) is 13.2 Å². The zero-order valence-corrected chi connectivity index (χ0v) is 14.8. The van der Waals surface area contributed by atoms with Gasteiger partial charge in [-0.05, 0) is 37.1 Å². The summed E-state index contributed by atoms with van der Waals surface area (Å²) >= 11 is 0. The number of para-hydroxylation sites is 1. The highest BCUT2D eigenvalue weighted by Gasteiger charge is 2.38. The van der Waals surface area contributed by atoms with E-state index in [0.29, 0.717) is 17.0 Å². The zero-order valence-electron chi connectivity index (χ0n) is 14.8. The Hall–Kier alpha value is -3.03. The lowest BCUT2D eigenvalue weighted by Crippen LogP contribution is -2.36. The van der Waals surface area contributed by atoms with Gasteiger partial charge in [-0.3, -0.25) is 9.59 Å². The molecule has 0 atom stereocenters. The Labute approximate surface area is 154 Å². The molecule has 27 heavy (non-hydrogen) atoms. The SMILES string of the molecule is Cc1ccc(OCC(=O)Nc2ccccc2CNC(=O)C(F)(F)F)c(C)c1. The van der Waals surface area contributed by atoms with Gasteiger partial charge in [-0.15, -0.1) is 0 Å². The smallest absolute Gasteiger partial charge is 0.471 e. The van der Waals surface area contributed by atoms with Crippen molar-refractivity contribution >= 4 is 17.5 Å². The number of amides is 2. The molecular weight excluding hydrogens is 361 g/mol. The van der Waals surface area contributed by atoms with E-state index >= 15 is 0 Å². The third kappa shape index (κ3) is 6.02. The molecule has 144 valence electrons. The Morgan fingerprint density at radius 3 is 2.44 bits per heavy atom. The van der Waals surface area contributed by atoms with Gasteiger partial charge in [-0.1, -0.05) is 35.9 Å². The Bertz CT molecular complexity index is 835. The summed E-state index contributed by atoms with van der Waals surface area (Å²) in [5.74, 6) is -1.94. The predicted molar refractivity (Wildman–Crippen MR) is 94.4 cm³/mol. The summed E-state index contributed by atoms with van der Waals surface area (Å²) in [4.78, 5) is 23.1. The first-order chi connectivity index (χ1) is 12.7. The number of hydrogen-bond donors (Lipinski definition) is 2. The molecular formula is C19H19F3N2O3. The number of halogens is 3. The van der Waals surface area contributed by atoms with Gasteiger partial charge >= 0.3 is 12.1 Å². The maximum Gasteiger partial charge on any atom is 0.471 e. The zero-order chi connectivity index (χ0) is 20.0. The monoisotopic (exact) mass is 380 g/mol. The van der Waals surface area contributed by atoms with Crippen LogP contribution in [0.5, 0.6) is 5.75 Å². The van der Waals surface area contributed by atoms with Crippen LogP contribution >= 0.6 is 0 Å². The van der Waals surface area contributed by atoms with Crippen molar-refractivity contribution in [2.75, 3.05) is 11.9 Å². The van der Waals surface area contributed by atoms with E-state index in [9.17, 15) is 22.8 Å². The number of carbonyl (C=O) groups excluding carboxylic acids is 2. The average Bonchev–Trinajstić information content (AvgIpc) is 2.59. The highest BCUT2D eigenvalue weighted by Crippen LogP contribution is 2.20. The summed E-state index contributed by atoms with van der Waals surface area (Å²) in [6.07, 6.45) is -4.96. The first kappa shape index (κ1) is 20.3. The van der Waals surface area contributed by atoms with E-state index < -0.39 is 18.0 Å². The molecule has 2 amide bonds. The minimum atomic E-state index is -4.96. The molecule has 0 radical (unpaired) electrons. The third-order valence-corrected chi connectivity index (χ3v) is 3.68. The largest absolute Gasteiger partial charge is 0.483 e. The fourth-order valence-corrected chi connectivity index (χ4v) is 2.36. The molecule has 0 aliphatic carbocycles. The van der Waals surface area contributed by atoms with E-state index in [1.54, 1.807) is 23.5 Å². The van der Waals surface area contributed by atoms with Gasteiger partial charge in [0.1, 0.15) is 5.75 Å². The van der Waals surface area contributed by atoms with Crippen molar-refractivity contribution in [3.63, 3.8) is 0 Å². The molecule has 0 saturated heterocycles. The lowest BCUT2D eigenvalue weighted by atomic mass is 10.1. The summed E-state index contributed by atoms with van der Waals surface area (Å²) in [5.41, 5.74) is 2.60. The van der Waals surface area contributed by atoms with Crippen LogP contribution in [0.1, 0.15) is 16.7 Å². The average molecular weight is 380 g/mol. The van der Waals surface area contributed by atoms with Crippen molar-refractivity contribution in [3.05, 3.63) is 59.2 Å². The molecule has 5 nitrogen and oxygen atoms in total. The lowest BCUT2D eigenvalue weighted by Gasteiger charge is -2.14. The minimum absolute atomic E-state index is 0.257. The maximum absolute atomic E-state index is 12.3. The number of aryl methyl sites for hydroxylation is 2. The summed E-state index contributed by atoms with van der Waals surface area (Å²) in [6, 6.07) is 11.8. The molecule has 0 bridgehead atoms. The number of hydrogen-bond acceptors (Lipinski definition) is 3. The van der Waals surface area contributed by atoms with Gasteiger partial charge in [-0.25, -0.2) is 0 Å². The topological polar surface area (TPSA) is 67.4 Å². The van der Waals surface area contributed by atoms with Gasteiger partial charge in [-0.2, -0.15) is 13.2 Å². The number of nitrogens with one attached hydrogen (secondary N) is 2. The second-order valence-corrected chi connectivity index (χ2v) is 5.94. The second-order valence-electron chi connectivity index (χ2n) is 5.94. The number of anilines is 1. The number of ether oxygens (including phenoxy) is 1. The molecule has 0 unspecified atom stereocenters. The molecule has 2 aromatic carbocycles. The van der Waals surface area contributed by atoms with Gasteiger partial charge in [0.15, 0.2) is 6.61 Å². The highest BCUT2D eigenvalue weighted by atomic mass is 19.4. The standard InChI is InChI=1S/C19H19F3N2O3/c1-12-7-8-16(13(2)9-12)27-11-17(25)24-15-6-4-3-5-14(15)10-23-18(26)19(20,21)22/h3-9H,10-11H2,1-2H3,(H,23,26)(H,24,25). The molecule has 0 saturated carbocycles. The summed E-state index contributed by atoms with van der Waals surface area (Å²) in [5, 5.41) is 4.35. The second kappa shape index (κ2) is 8.57. The lowest BCUT2D eigenvalue weighted by molar-refractivity contribution is -0.173. The van der Waals surface area contributed by atoms with Crippen LogP contribution in [0.3, 0.4) is 0 Å². The van der Waals surface area contributed by atoms with E-state index in [4.69, 9.17) is 4.74 Å². The predicted octanol–water partition coefficient (Wildman–Crippen LogP) is 3.50. The van der Waals surface area contributed by atoms with Crippen LogP contribution in [0, 0.1) is 13.8 Å². The Morgan fingerprint density at radius 1 is 1.07 bits per heavy atom. The summed E-state index contributed by atoms with van der Waals surface area (Å²) in [7, 11) is 0. The van der Waals surface area contributed by atoms with Crippen LogP contribution in [0.4, 0.5) is 18.9 Å². The van der Waals surface area contributed by atoms with Crippen molar-refractivity contribution in [2.45, 2.75) is 26.6 Å². The van der Waals surface area contributed by atoms with Gasteiger partial charge in [0, 0.05) is 12.2 Å². The molecule has 2 N–H and O–H groups in total. The fraction of sp³-hybridized carbons (Fsp3) is 0.263. The molecule has 2 rings (SSSR count). The first-order valence-corrected chi connectivity index (χ1v) is 8.09. The number of rotatable bonds is 6. The Morgan fingerprint density at radius 2 is 1.78 bits per heavy atom. The van der Waals surface area contributed by atoms with Gasteiger partial charge in [0.05, 0.1) is 0 Å². The quantitative estimate of drug-likeness (QED) is 0.806. The van der Waals surface area contributed by atoms with E-state index in [0.717, 1.165) is 11.1 Å². The highest BCUT2D eigenvalue weighted by molar-refractivity contribution is 5.92. The van der Waals surface area contributed by atoms with Crippen LogP contribution < -0.4 is 15.4 Å². The molecule has 0 fully saturated rings. The summed E-state index contributed by atoms with van der Waals surface area (Å²) in [6.45, 7) is 3.18. The summed E-state index contributed by atoms with van der Waals surface area (Å²) < 4.78 is 42.3. The van der Waals surface area contributed by atoms with Crippen molar-refractivity contribution in [1.82, 2.24) is 5.32 Å². The van der Waals surface area contributed by atoms with Crippen LogP contribution in [0.2, 0.25) is 0 Å². The van der Waals surface area contributed by atoms with E-state index in [1.807, 2.05) is 26.0 Å².